The van der Waals surface area contributed by atoms with Crippen molar-refractivity contribution in [3.63, 3.8) is 0 Å². The second-order valence-electron chi connectivity index (χ2n) is 6.09. The minimum Gasteiger partial charge on any atom is -0.378 e. The Kier molecular flexibility index (Phi) is 5.95. The molecular formula is C17H22FN3O4. The van der Waals surface area contributed by atoms with Crippen LogP contribution in [0.3, 0.4) is 0 Å². The summed E-state index contributed by atoms with van der Waals surface area (Å²) in [6.45, 7) is 3.77. The van der Waals surface area contributed by atoms with Gasteiger partial charge in [-0.15, -0.1) is 0 Å². The average molecular weight is 351 g/mol. The molecule has 1 atom stereocenters. The van der Waals surface area contributed by atoms with Crippen molar-refractivity contribution in [2.24, 2.45) is 0 Å². The van der Waals surface area contributed by atoms with E-state index < -0.39 is 6.10 Å². The lowest BCUT2D eigenvalue weighted by Crippen LogP contribution is -2.54. The van der Waals surface area contributed by atoms with E-state index >= 15 is 0 Å². The summed E-state index contributed by atoms with van der Waals surface area (Å²) in [6, 6.07) is 5.61. The minimum atomic E-state index is -0.550. The van der Waals surface area contributed by atoms with Crippen LogP contribution in [-0.4, -0.2) is 80.3 Å². The van der Waals surface area contributed by atoms with Crippen LogP contribution in [-0.2, 0) is 19.1 Å². The zero-order valence-corrected chi connectivity index (χ0v) is 13.9. The molecule has 2 saturated heterocycles. The molecule has 1 aromatic rings. The molecule has 25 heavy (non-hydrogen) atoms. The highest BCUT2D eigenvalue weighted by molar-refractivity contribution is 5.92. The summed E-state index contributed by atoms with van der Waals surface area (Å²) in [4.78, 5) is 28.3. The van der Waals surface area contributed by atoms with Gasteiger partial charge in [0.2, 0.25) is 5.91 Å². The van der Waals surface area contributed by atoms with Gasteiger partial charge in [-0.2, -0.15) is 0 Å². The summed E-state index contributed by atoms with van der Waals surface area (Å²) in [5, 5.41) is 2.72. The number of hydrogen-bond donors (Lipinski definition) is 1. The van der Waals surface area contributed by atoms with Crippen LogP contribution in [0.2, 0.25) is 0 Å². The Labute approximate surface area is 145 Å². The highest BCUT2D eigenvalue weighted by Gasteiger charge is 2.31. The molecule has 2 aliphatic heterocycles. The second-order valence-corrected chi connectivity index (χ2v) is 6.09. The van der Waals surface area contributed by atoms with Crippen molar-refractivity contribution in [2.45, 2.75) is 6.10 Å². The minimum absolute atomic E-state index is 0.0491. The van der Waals surface area contributed by atoms with Gasteiger partial charge in [-0.1, -0.05) is 0 Å². The fourth-order valence-electron chi connectivity index (χ4n) is 2.92. The maximum atomic E-state index is 12.9. The maximum absolute atomic E-state index is 12.9. The molecular weight excluding hydrogens is 329 g/mol. The summed E-state index contributed by atoms with van der Waals surface area (Å²) in [5.74, 6) is -0.603. The Balaban J connectivity index is 1.49. The van der Waals surface area contributed by atoms with Gasteiger partial charge in [-0.3, -0.25) is 14.5 Å². The van der Waals surface area contributed by atoms with Crippen LogP contribution in [0, 0.1) is 5.82 Å². The molecule has 0 spiro atoms. The van der Waals surface area contributed by atoms with Gasteiger partial charge >= 0.3 is 0 Å². The number of nitrogens with one attached hydrogen (secondary N) is 1. The van der Waals surface area contributed by atoms with Crippen molar-refractivity contribution in [3.8, 4) is 0 Å². The van der Waals surface area contributed by atoms with E-state index in [1.807, 2.05) is 4.90 Å². The van der Waals surface area contributed by atoms with Crippen molar-refractivity contribution < 1.29 is 23.5 Å². The van der Waals surface area contributed by atoms with E-state index in [2.05, 4.69) is 5.32 Å². The van der Waals surface area contributed by atoms with Crippen LogP contribution in [0.5, 0.6) is 0 Å². The van der Waals surface area contributed by atoms with E-state index in [9.17, 15) is 14.0 Å². The third-order valence-corrected chi connectivity index (χ3v) is 4.24. The first-order valence-corrected chi connectivity index (χ1v) is 8.38. The smallest absolute Gasteiger partial charge is 0.253 e. The van der Waals surface area contributed by atoms with Crippen LogP contribution in [0.1, 0.15) is 0 Å². The number of morpholine rings is 2. The van der Waals surface area contributed by atoms with Gasteiger partial charge < -0.3 is 19.7 Å². The number of carbonyl (C=O) groups excluding carboxylic acids is 2. The topological polar surface area (TPSA) is 71.1 Å². The van der Waals surface area contributed by atoms with Gasteiger partial charge in [-0.25, -0.2) is 4.39 Å². The maximum Gasteiger partial charge on any atom is 0.253 e. The van der Waals surface area contributed by atoms with Gasteiger partial charge in [0.05, 0.1) is 26.4 Å². The molecule has 2 heterocycles. The molecule has 7 nitrogen and oxygen atoms in total. The lowest BCUT2D eigenvalue weighted by Gasteiger charge is -2.35. The highest BCUT2D eigenvalue weighted by atomic mass is 19.1. The van der Waals surface area contributed by atoms with Crippen molar-refractivity contribution in [2.75, 3.05) is 57.9 Å². The first kappa shape index (κ1) is 17.8. The van der Waals surface area contributed by atoms with E-state index in [1.165, 1.54) is 24.3 Å². The van der Waals surface area contributed by atoms with Crippen LogP contribution < -0.4 is 5.32 Å². The van der Waals surface area contributed by atoms with Gasteiger partial charge in [0.15, 0.2) is 0 Å². The molecule has 2 amide bonds. The predicted molar refractivity (Wildman–Crippen MR) is 88.6 cm³/mol. The normalized spacial score (nSPS) is 21.8. The largest absolute Gasteiger partial charge is 0.378 e. The van der Waals surface area contributed by atoms with E-state index in [0.717, 1.165) is 0 Å². The molecule has 1 unspecified atom stereocenters. The number of halogens is 1. The zero-order valence-electron chi connectivity index (χ0n) is 13.9. The second kappa shape index (κ2) is 8.37. The number of benzene rings is 1. The molecule has 1 N–H and O–H groups in total. The molecule has 0 aromatic heterocycles. The SMILES string of the molecule is O=C(CN1CCOC(C(=O)N2CCOCC2)C1)Nc1ccc(F)cc1. The number of nitrogens with zero attached hydrogens (tertiary/aromatic N) is 2. The first-order valence-electron chi connectivity index (χ1n) is 8.38. The zero-order chi connectivity index (χ0) is 17.6. The Bertz CT molecular complexity index is 604. The van der Waals surface area contributed by atoms with Crippen LogP contribution in [0.25, 0.3) is 0 Å². The molecule has 2 fully saturated rings. The predicted octanol–water partition coefficient (Wildman–Crippen LogP) is 0.324. The quantitative estimate of drug-likeness (QED) is 0.846. The Morgan fingerprint density at radius 2 is 1.84 bits per heavy atom. The number of anilines is 1. The number of amides is 2. The Morgan fingerprint density at radius 3 is 2.56 bits per heavy atom. The van der Waals surface area contributed by atoms with E-state index in [0.29, 0.717) is 51.7 Å². The van der Waals surface area contributed by atoms with Crippen molar-refractivity contribution in [3.05, 3.63) is 30.1 Å². The number of rotatable bonds is 4. The van der Waals surface area contributed by atoms with Crippen LogP contribution in [0.4, 0.5) is 10.1 Å². The third-order valence-electron chi connectivity index (χ3n) is 4.24. The molecule has 8 heteroatoms. The highest BCUT2D eigenvalue weighted by Crippen LogP contribution is 2.12. The molecule has 3 rings (SSSR count). The van der Waals surface area contributed by atoms with E-state index in [1.54, 1.807) is 4.90 Å². The fraction of sp³-hybridized carbons (Fsp3) is 0.529. The molecule has 0 bridgehead atoms. The molecule has 0 aliphatic carbocycles. The van der Waals surface area contributed by atoms with Crippen molar-refractivity contribution >= 4 is 17.5 Å². The number of ether oxygens (including phenoxy) is 2. The first-order chi connectivity index (χ1) is 12.1. The van der Waals surface area contributed by atoms with E-state index in [4.69, 9.17) is 9.47 Å². The lowest BCUT2D eigenvalue weighted by molar-refractivity contribution is -0.154. The van der Waals surface area contributed by atoms with Gasteiger partial charge in [0, 0.05) is 31.9 Å². The third kappa shape index (κ3) is 4.97. The average Bonchev–Trinajstić information content (AvgIpc) is 2.64. The lowest BCUT2D eigenvalue weighted by atomic mass is 10.2. The fourth-order valence-corrected chi connectivity index (χ4v) is 2.92. The molecule has 136 valence electrons. The van der Waals surface area contributed by atoms with Crippen molar-refractivity contribution in [1.29, 1.82) is 0 Å². The molecule has 0 saturated carbocycles. The number of hydrogen-bond acceptors (Lipinski definition) is 5. The summed E-state index contributed by atoms with van der Waals surface area (Å²) < 4.78 is 23.7. The van der Waals surface area contributed by atoms with Crippen molar-refractivity contribution in [1.82, 2.24) is 9.80 Å². The standard InChI is InChI=1S/C17H22FN3O4/c18-13-1-3-14(4-2-13)19-16(22)12-20-5-10-25-15(11-20)17(23)21-6-8-24-9-7-21/h1-4,15H,5-12H2,(H,19,22). The Hall–Kier alpha value is -2.03. The summed E-state index contributed by atoms with van der Waals surface area (Å²) in [5.41, 5.74) is 0.542. The van der Waals surface area contributed by atoms with Gasteiger partial charge in [-0.05, 0) is 24.3 Å². The monoisotopic (exact) mass is 351 g/mol. The summed E-state index contributed by atoms with van der Waals surface area (Å²) >= 11 is 0. The van der Waals surface area contributed by atoms with Crippen LogP contribution in [0.15, 0.2) is 24.3 Å². The number of carbonyl (C=O) groups is 2. The van der Waals surface area contributed by atoms with Gasteiger partial charge in [0.25, 0.3) is 5.91 Å². The van der Waals surface area contributed by atoms with E-state index in [-0.39, 0.29) is 24.2 Å². The van der Waals surface area contributed by atoms with Gasteiger partial charge in [0.1, 0.15) is 11.9 Å². The summed E-state index contributed by atoms with van der Waals surface area (Å²) in [6.07, 6.45) is -0.550. The van der Waals surface area contributed by atoms with Crippen LogP contribution >= 0.6 is 0 Å². The Morgan fingerprint density at radius 1 is 1.12 bits per heavy atom. The summed E-state index contributed by atoms with van der Waals surface area (Å²) in [7, 11) is 0. The molecule has 1 aromatic carbocycles. The molecule has 2 aliphatic rings. The molecule has 0 radical (unpaired) electrons.